The summed E-state index contributed by atoms with van der Waals surface area (Å²) in [5.74, 6) is -0.484. The van der Waals surface area contributed by atoms with Crippen molar-refractivity contribution in [3.8, 4) is 11.5 Å². The van der Waals surface area contributed by atoms with Crippen LogP contribution in [0, 0.1) is 10.1 Å². The van der Waals surface area contributed by atoms with E-state index in [1.54, 1.807) is 4.90 Å². The van der Waals surface area contributed by atoms with Crippen LogP contribution < -0.4 is 9.47 Å². The second-order valence-corrected chi connectivity index (χ2v) is 9.92. The third-order valence-corrected chi connectivity index (χ3v) is 8.02. The van der Waals surface area contributed by atoms with Crippen molar-refractivity contribution in [2.24, 2.45) is 0 Å². The smallest absolute Gasteiger partial charge is 0.282 e. The molecule has 0 saturated heterocycles. The highest BCUT2D eigenvalue weighted by Gasteiger charge is 2.48. The zero-order valence-electron chi connectivity index (χ0n) is 19.8. The fraction of sp³-hybridized carbons (Fsp3) is 0.423. The fourth-order valence-corrected chi connectivity index (χ4v) is 6.25. The van der Waals surface area contributed by atoms with Gasteiger partial charge in [0.1, 0.15) is 25.3 Å². The first-order chi connectivity index (χ1) is 17.3. The normalized spacial score (nSPS) is 21.5. The van der Waals surface area contributed by atoms with Gasteiger partial charge in [0.15, 0.2) is 11.5 Å². The molecule has 2 aromatic rings. The zero-order chi connectivity index (χ0) is 25.2. The number of nitro benzene ring substituents is 1. The Bertz CT molecular complexity index is 1330. The predicted octanol–water partition coefficient (Wildman–Crippen LogP) is 3.38. The van der Waals surface area contributed by atoms with Crippen molar-refractivity contribution in [2.45, 2.75) is 44.1 Å². The molecule has 36 heavy (non-hydrogen) atoms. The molecule has 3 amide bonds. The molecule has 0 N–H and O–H groups in total. The second-order valence-electron chi connectivity index (χ2n) is 9.92. The molecular formula is C26H25N3O7. The molecule has 4 aliphatic rings. The van der Waals surface area contributed by atoms with Crippen LogP contribution in [0.5, 0.6) is 11.5 Å². The summed E-state index contributed by atoms with van der Waals surface area (Å²) < 4.78 is 11.6. The summed E-state index contributed by atoms with van der Waals surface area (Å²) in [7, 11) is 0. The molecule has 1 unspecified atom stereocenters. The number of nitrogens with zero attached hydrogens (tertiary/aromatic N) is 3. The summed E-state index contributed by atoms with van der Waals surface area (Å²) in [6.45, 7) is 2.89. The van der Waals surface area contributed by atoms with E-state index in [2.05, 4.69) is 6.07 Å². The van der Waals surface area contributed by atoms with Crippen LogP contribution in [-0.2, 0) is 10.2 Å². The van der Waals surface area contributed by atoms with Crippen molar-refractivity contribution in [1.82, 2.24) is 9.80 Å². The largest absolute Gasteiger partial charge is 0.486 e. The van der Waals surface area contributed by atoms with E-state index in [-0.39, 0.29) is 28.5 Å². The lowest BCUT2D eigenvalue weighted by atomic mass is 9.71. The summed E-state index contributed by atoms with van der Waals surface area (Å²) >= 11 is 0. The minimum atomic E-state index is -0.809. The molecule has 0 bridgehead atoms. The average molecular weight is 492 g/mol. The molecule has 6 rings (SSSR count). The summed E-state index contributed by atoms with van der Waals surface area (Å²) in [6, 6.07) is 7.66. The van der Waals surface area contributed by atoms with Crippen LogP contribution in [0.2, 0.25) is 0 Å². The summed E-state index contributed by atoms with van der Waals surface area (Å²) in [5, 5.41) is 11.4. The van der Waals surface area contributed by atoms with Gasteiger partial charge in [-0.15, -0.1) is 0 Å². The number of nitro groups is 1. The monoisotopic (exact) mass is 491 g/mol. The Kier molecular flexibility index (Phi) is 5.03. The molecule has 0 radical (unpaired) electrons. The predicted molar refractivity (Wildman–Crippen MR) is 126 cm³/mol. The Morgan fingerprint density at radius 3 is 2.50 bits per heavy atom. The van der Waals surface area contributed by atoms with Gasteiger partial charge in [-0.3, -0.25) is 29.4 Å². The Hall–Kier alpha value is -3.95. The molecule has 0 aromatic heterocycles. The summed E-state index contributed by atoms with van der Waals surface area (Å²) in [6.07, 6.45) is 3.95. The van der Waals surface area contributed by atoms with Gasteiger partial charge in [0, 0.05) is 18.0 Å². The van der Waals surface area contributed by atoms with Crippen molar-refractivity contribution in [2.75, 3.05) is 26.3 Å². The Balaban J connectivity index is 1.33. The average Bonchev–Trinajstić information content (AvgIpc) is 3.44. The van der Waals surface area contributed by atoms with E-state index in [1.807, 2.05) is 13.0 Å². The van der Waals surface area contributed by atoms with Crippen molar-refractivity contribution in [3.05, 3.63) is 62.7 Å². The van der Waals surface area contributed by atoms with Gasteiger partial charge in [-0.1, -0.05) is 18.9 Å². The first-order valence-corrected chi connectivity index (χ1v) is 12.2. The van der Waals surface area contributed by atoms with E-state index in [4.69, 9.17) is 9.47 Å². The Morgan fingerprint density at radius 2 is 1.81 bits per heavy atom. The Morgan fingerprint density at radius 1 is 1.11 bits per heavy atom. The van der Waals surface area contributed by atoms with Gasteiger partial charge in [-0.2, -0.15) is 0 Å². The lowest BCUT2D eigenvalue weighted by Gasteiger charge is -2.46. The second kappa shape index (κ2) is 8.04. The third-order valence-electron chi connectivity index (χ3n) is 8.02. The minimum absolute atomic E-state index is 0.0462. The quantitative estimate of drug-likeness (QED) is 0.367. The molecule has 3 aliphatic heterocycles. The van der Waals surface area contributed by atoms with Crippen molar-refractivity contribution < 1.29 is 28.8 Å². The number of carbonyl (C=O) groups excluding carboxylic acids is 3. The molecule has 10 nitrogen and oxygen atoms in total. The van der Waals surface area contributed by atoms with Crippen LogP contribution in [0.1, 0.15) is 70.5 Å². The number of imide groups is 1. The van der Waals surface area contributed by atoms with E-state index >= 15 is 0 Å². The highest BCUT2D eigenvalue weighted by Crippen LogP contribution is 2.52. The van der Waals surface area contributed by atoms with Gasteiger partial charge in [-0.25, -0.2) is 0 Å². The molecular weight excluding hydrogens is 466 g/mol. The molecule has 1 aliphatic carbocycles. The first-order valence-electron chi connectivity index (χ1n) is 12.2. The van der Waals surface area contributed by atoms with E-state index in [9.17, 15) is 24.5 Å². The fourth-order valence-electron chi connectivity index (χ4n) is 6.25. The summed E-state index contributed by atoms with van der Waals surface area (Å²) in [4.78, 5) is 53.0. The highest BCUT2D eigenvalue weighted by atomic mass is 16.6. The van der Waals surface area contributed by atoms with E-state index in [0.29, 0.717) is 25.5 Å². The van der Waals surface area contributed by atoms with Crippen LogP contribution in [0.25, 0.3) is 0 Å². The first kappa shape index (κ1) is 22.5. The van der Waals surface area contributed by atoms with Crippen molar-refractivity contribution >= 4 is 23.4 Å². The number of hydrogen-bond acceptors (Lipinski definition) is 7. The molecule has 186 valence electrons. The number of fused-ring (bicyclic) bond motifs is 4. The van der Waals surface area contributed by atoms with Gasteiger partial charge < -0.3 is 14.4 Å². The van der Waals surface area contributed by atoms with Gasteiger partial charge in [-0.05, 0) is 49.1 Å². The summed E-state index contributed by atoms with van der Waals surface area (Å²) in [5.41, 5.74) is 1.20. The molecule has 10 heteroatoms. The van der Waals surface area contributed by atoms with Gasteiger partial charge in [0.2, 0.25) is 5.91 Å². The molecule has 1 saturated carbocycles. The molecule has 1 spiro atoms. The topological polar surface area (TPSA) is 119 Å². The van der Waals surface area contributed by atoms with Gasteiger partial charge in [0.05, 0.1) is 16.5 Å². The minimum Gasteiger partial charge on any atom is -0.486 e. The number of rotatable bonds is 3. The number of hydrogen-bond donors (Lipinski definition) is 0. The number of carbonyl (C=O) groups is 3. The van der Waals surface area contributed by atoms with Crippen molar-refractivity contribution in [3.63, 3.8) is 0 Å². The standard InChI is InChI=1S/C26H25N3O7/c1-15-17-11-20-21(36-10-9-35-20)12-18(17)26(7-2-3-8-26)14-28(15)22(30)13-27-24(31)16-5-4-6-19(29(33)34)23(16)25(27)32/h4-6,11-12,15H,2-3,7-10,13-14H2,1H3. The maximum Gasteiger partial charge on any atom is 0.282 e. The third kappa shape index (κ3) is 3.20. The highest BCUT2D eigenvalue weighted by molar-refractivity contribution is 6.24. The SMILES string of the molecule is CC1c2cc3c(cc2C2(CCCC2)CN1C(=O)CN1C(=O)c2cccc([N+](=O)[O-])c2C1=O)OCCO3. The molecule has 1 atom stereocenters. The Labute approximate surface area is 206 Å². The maximum atomic E-state index is 13.7. The molecule has 2 aromatic carbocycles. The van der Waals surface area contributed by atoms with E-state index in [0.717, 1.165) is 41.9 Å². The number of ether oxygens (including phenoxy) is 2. The van der Waals surface area contributed by atoms with E-state index < -0.39 is 29.0 Å². The number of benzene rings is 2. The van der Waals surface area contributed by atoms with Crippen LogP contribution in [0.15, 0.2) is 30.3 Å². The lowest BCUT2D eigenvalue weighted by molar-refractivity contribution is -0.385. The zero-order valence-corrected chi connectivity index (χ0v) is 19.8. The lowest BCUT2D eigenvalue weighted by Crippen LogP contribution is -2.51. The number of amides is 3. The van der Waals surface area contributed by atoms with Crippen LogP contribution in [0.4, 0.5) is 5.69 Å². The van der Waals surface area contributed by atoms with Gasteiger partial charge in [0.25, 0.3) is 17.5 Å². The van der Waals surface area contributed by atoms with Crippen LogP contribution >= 0.6 is 0 Å². The van der Waals surface area contributed by atoms with E-state index in [1.165, 1.54) is 23.8 Å². The van der Waals surface area contributed by atoms with Crippen molar-refractivity contribution in [1.29, 1.82) is 0 Å². The molecule has 3 heterocycles. The van der Waals surface area contributed by atoms with Gasteiger partial charge >= 0.3 is 0 Å². The molecule has 1 fully saturated rings. The maximum absolute atomic E-state index is 13.7. The van der Waals surface area contributed by atoms with Crippen LogP contribution in [0.3, 0.4) is 0 Å². The van der Waals surface area contributed by atoms with Crippen LogP contribution in [-0.4, -0.2) is 58.7 Å².